The van der Waals surface area contributed by atoms with Crippen LogP contribution < -0.4 is 14.8 Å². The monoisotopic (exact) mass is 567 g/mol. The van der Waals surface area contributed by atoms with Crippen molar-refractivity contribution in [3.63, 3.8) is 0 Å². The Morgan fingerprint density at radius 1 is 0.775 bits per heavy atom. The lowest BCUT2D eigenvalue weighted by Crippen LogP contribution is -2.58. The molecule has 214 valence electrons. The third-order valence-electron chi connectivity index (χ3n) is 5.97. The Kier molecular flexibility index (Phi) is 9.83. The van der Waals surface area contributed by atoms with E-state index in [1.54, 1.807) is 37.3 Å². The molecular weight excluding hydrogens is 540 g/mol. The SMILES string of the molecule is Cc1ccc(C(=O)C[C@](NC(=O)COc2ccccc2)(c2ccc(OCCCC(F)(F)F)cc2)C(F)(F)F)cc1. The molecule has 1 N–H and O–H groups in total. The molecule has 40 heavy (non-hydrogen) atoms. The number of carbonyl (C=O) groups excluding carboxylic acids is 2. The van der Waals surface area contributed by atoms with Gasteiger partial charge in [-0.1, -0.05) is 60.2 Å². The van der Waals surface area contributed by atoms with Crippen molar-refractivity contribution in [1.82, 2.24) is 5.32 Å². The zero-order valence-electron chi connectivity index (χ0n) is 21.4. The number of nitrogens with one attached hydrogen (secondary N) is 1. The molecule has 3 aromatic rings. The van der Waals surface area contributed by atoms with Crippen molar-refractivity contribution in [3.8, 4) is 11.5 Å². The molecule has 0 aliphatic rings. The molecule has 0 spiro atoms. The molecule has 3 rings (SSSR count). The summed E-state index contributed by atoms with van der Waals surface area (Å²) in [6, 6.07) is 18.3. The Labute approximate surface area is 227 Å². The number of carbonyl (C=O) groups is 2. The van der Waals surface area contributed by atoms with Gasteiger partial charge in [-0.05, 0) is 43.2 Å². The standard InChI is InChI=1S/C29H27F6NO4/c1-20-8-10-21(11-9-20)25(37)18-27(29(33,34)35,36-26(38)19-40-23-6-3-2-4-7-23)22-12-14-24(15-13-22)39-17-5-16-28(30,31)32/h2-4,6-15H,5,16-19H2,1H3,(H,36,38)/t27-/m0/s1. The van der Waals surface area contributed by atoms with Gasteiger partial charge in [-0.2, -0.15) is 26.3 Å². The number of para-hydroxylation sites is 1. The van der Waals surface area contributed by atoms with Gasteiger partial charge in [0.1, 0.15) is 11.5 Å². The predicted octanol–water partition coefficient (Wildman–Crippen LogP) is 6.94. The lowest BCUT2D eigenvalue weighted by Gasteiger charge is -2.36. The van der Waals surface area contributed by atoms with Gasteiger partial charge in [-0.25, -0.2) is 0 Å². The summed E-state index contributed by atoms with van der Waals surface area (Å²) in [5, 5.41) is 1.98. The van der Waals surface area contributed by atoms with Gasteiger partial charge in [-0.15, -0.1) is 0 Å². The Morgan fingerprint density at radius 3 is 1.95 bits per heavy atom. The Bertz CT molecular complexity index is 1260. The van der Waals surface area contributed by atoms with Crippen molar-refractivity contribution >= 4 is 11.7 Å². The molecule has 0 saturated carbocycles. The minimum Gasteiger partial charge on any atom is -0.494 e. The maximum Gasteiger partial charge on any atom is 0.416 e. The van der Waals surface area contributed by atoms with Crippen LogP contribution in [-0.4, -0.2) is 37.3 Å². The molecule has 0 bridgehead atoms. The van der Waals surface area contributed by atoms with E-state index in [2.05, 4.69) is 0 Å². The highest BCUT2D eigenvalue weighted by atomic mass is 19.4. The fourth-order valence-electron chi connectivity index (χ4n) is 3.87. The zero-order valence-corrected chi connectivity index (χ0v) is 21.4. The number of aryl methyl sites for hydroxylation is 1. The minimum absolute atomic E-state index is 0.0265. The maximum atomic E-state index is 14.8. The van der Waals surface area contributed by atoms with Crippen LogP contribution >= 0.6 is 0 Å². The second-order valence-corrected chi connectivity index (χ2v) is 9.11. The number of alkyl halides is 6. The Morgan fingerprint density at radius 2 is 1.38 bits per heavy atom. The second-order valence-electron chi connectivity index (χ2n) is 9.11. The third kappa shape index (κ3) is 8.49. The molecule has 3 aromatic carbocycles. The molecule has 0 aliphatic carbocycles. The summed E-state index contributed by atoms with van der Waals surface area (Å²) in [5.41, 5.74) is -2.77. The number of amides is 1. The first-order valence-corrected chi connectivity index (χ1v) is 12.2. The maximum absolute atomic E-state index is 14.8. The van der Waals surface area contributed by atoms with Crippen LogP contribution in [0, 0.1) is 6.92 Å². The van der Waals surface area contributed by atoms with Crippen LogP contribution in [0.4, 0.5) is 26.3 Å². The number of ether oxygens (including phenoxy) is 2. The smallest absolute Gasteiger partial charge is 0.416 e. The Balaban J connectivity index is 1.89. The summed E-state index contributed by atoms with van der Waals surface area (Å²) >= 11 is 0. The van der Waals surface area contributed by atoms with E-state index in [4.69, 9.17) is 9.47 Å². The van der Waals surface area contributed by atoms with E-state index in [9.17, 15) is 35.9 Å². The first-order chi connectivity index (χ1) is 18.8. The minimum atomic E-state index is -5.13. The molecule has 0 unspecified atom stereocenters. The number of ketones is 1. The summed E-state index contributed by atoms with van der Waals surface area (Å²) in [5.74, 6) is -1.69. The van der Waals surface area contributed by atoms with Gasteiger partial charge in [0.25, 0.3) is 5.91 Å². The third-order valence-corrected chi connectivity index (χ3v) is 5.97. The van der Waals surface area contributed by atoms with Crippen molar-refractivity contribution in [2.24, 2.45) is 0 Å². The molecule has 0 aliphatic heterocycles. The normalized spacial score (nSPS) is 13.3. The average Bonchev–Trinajstić information content (AvgIpc) is 2.89. The van der Waals surface area contributed by atoms with Crippen LogP contribution in [0.15, 0.2) is 78.9 Å². The molecule has 0 heterocycles. The van der Waals surface area contributed by atoms with Crippen molar-refractivity contribution < 1.29 is 45.4 Å². The summed E-state index contributed by atoms with van der Waals surface area (Å²) in [4.78, 5) is 25.8. The van der Waals surface area contributed by atoms with E-state index in [0.29, 0.717) is 0 Å². The predicted molar refractivity (Wildman–Crippen MR) is 135 cm³/mol. The average molecular weight is 568 g/mol. The van der Waals surface area contributed by atoms with Crippen molar-refractivity contribution in [2.75, 3.05) is 13.2 Å². The highest BCUT2D eigenvalue weighted by molar-refractivity contribution is 5.97. The summed E-state index contributed by atoms with van der Waals surface area (Å²) < 4.78 is 92.1. The van der Waals surface area contributed by atoms with Crippen molar-refractivity contribution in [1.29, 1.82) is 0 Å². The number of benzene rings is 3. The van der Waals surface area contributed by atoms with Crippen LogP contribution in [0.3, 0.4) is 0 Å². The van der Waals surface area contributed by atoms with Gasteiger partial charge in [0.05, 0.1) is 6.61 Å². The summed E-state index contributed by atoms with van der Waals surface area (Å²) in [7, 11) is 0. The van der Waals surface area contributed by atoms with E-state index in [1.165, 1.54) is 24.3 Å². The van der Waals surface area contributed by atoms with Crippen LogP contribution in [0.25, 0.3) is 0 Å². The molecule has 1 amide bonds. The molecule has 11 heteroatoms. The molecular formula is C29H27F6NO4. The van der Waals surface area contributed by atoms with Gasteiger partial charge < -0.3 is 14.8 Å². The van der Waals surface area contributed by atoms with Gasteiger partial charge in [0.15, 0.2) is 17.9 Å². The van der Waals surface area contributed by atoms with Gasteiger partial charge in [0.2, 0.25) is 0 Å². The fraction of sp³-hybridized carbons (Fsp3) is 0.310. The zero-order chi connectivity index (χ0) is 29.4. The van der Waals surface area contributed by atoms with Crippen LogP contribution in [0.1, 0.15) is 40.7 Å². The molecule has 5 nitrogen and oxygen atoms in total. The first-order valence-electron chi connectivity index (χ1n) is 12.2. The van der Waals surface area contributed by atoms with E-state index in [-0.39, 0.29) is 30.1 Å². The van der Waals surface area contributed by atoms with Crippen LogP contribution in [-0.2, 0) is 10.3 Å². The molecule has 1 atom stereocenters. The van der Waals surface area contributed by atoms with Crippen molar-refractivity contribution in [3.05, 3.63) is 95.6 Å². The fourth-order valence-corrected chi connectivity index (χ4v) is 3.87. The molecule has 0 fully saturated rings. The highest BCUT2D eigenvalue weighted by Crippen LogP contribution is 2.43. The number of hydrogen-bond donors (Lipinski definition) is 1. The molecule has 0 radical (unpaired) electrons. The van der Waals surface area contributed by atoms with Gasteiger partial charge >= 0.3 is 12.4 Å². The quantitative estimate of drug-likeness (QED) is 0.146. The van der Waals surface area contributed by atoms with E-state index < -0.39 is 54.6 Å². The second kappa shape index (κ2) is 12.9. The number of rotatable bonds is 12. The van der Waals surface area contributed by atoms with E-state index in [1.807, 2.05) is 5.32 Å². The van der Waals surface area contributed by atoms with Crippen LogP contribution in [0.2, 0.25) is 0 Å². The first kappa shape index (κ1) is 30.5. The largest absolute Gasteiger partial charge is 0.494 e. The topological polar surface area (TPSA) is 64.6 Å². The number of hydrogen-bond acceptors (Lipinski definition) is 4. The lowest BCUT2D eigenvalue weighted by molar-refractivity contribution is -0.202. The lowest BCUT2D eigenvalue weighted by atomic mass is 9.82. The summed E-state index contributed by atoms with van der Waals surface area (Å²) in [6.45, 7) is 0.706. The van der Waals surface area contributed by atoms with Crippen LogP contribution in [0.5, 0.6) is 11.5 Å². The Hall–Kier alpha value is -4.02. The van der Waals surface area contributed by atoms with Gasteiger partial charge in [0, 0.05) is 18.4 Å². The molecule has 0 aromatic heterocycles. The highest BCUT2D eigenvalue weighted by Gasteiger charge is 2.58. The van der Waals surface area contributed by atoms with E-state index >= 15 is 0 Å². The molecule has 0 saturated heterocycles. The number of Topliss-reactive ketones (excluding diaryl/α,β-unsaturated/α-hetero) is 1. The van der Waals surface area contributed by atoms with Gasteiger partial charge in [-0.3, -0.25) is 9.59 Å². The summed E-state index contributed by atoms with van der Waals surface area (Å²) in [6.07, 6.45) is -12.0. The number of halogens is 6. The van der Waals surface area contributed by atoms with E-state index in [0.717, 1.165) is 29.8 Å². The van der Waals surface area contributed by atoms with Crippen molar-refractivity contribution in [2.45, 2.75) is 44.1 Å².